The number of rotatable bonds is 4. The lowest BCUT2D eigenvalue weighted by Gasteiger charge is -2.28. The molecule has 0 spiro atoms. The van der Waals surface area contributed by atoms with E-state index in [0.29, 0.717) is 6.42 Å². The zero-order valence-electron chi connectivity index (χ0n) is 12.6. The van der Waals surface area contributed by atoms with Gasteiger partial charge in [0.1, 0.15) is 5.75 Å². The molecule has 1 aliphatic rings. The van der Waals surface area contributed by atoms with Crippen LogP contribution < -0.4 is 10.5 Å². The Labute approximate surface area is 120 Å². The van der Waals surface area contributed by atoms with Gasteiger partial charge in [0.15, 0.2) is 0 Å². The summed E-state index contributed by atoms with van der Waals surface area (Å²) < 4.78 is 5.17. The number of benzene rings is 1. The zero-order chi connectivity index (χ0) is 14.8. The summed E-state index contributed by atoms with van der Waals surface area (Å²) in [5.41, 5.74) is 6.68. The Morgan fingerprint density at radius 1 is 1.40 bits per heavy atom. The first kappa shape index (κ1) is 14.9. The van der Waals surface area contributed by atoms with Gasteiger partial charge in [-0.3, -0.25) is 4.79 Å². The van der Waals surface area contributed by atoms with Gasteiger partial charge in [0, 0.05) is 18.5 Å². The predicted octanol–water partition coefficient (Wildman–Crippen LogP) is 2.49. The number of methoxy groups -OCH3 is 1. The Kier molecular flexibility index (Phi) is 4.33. The number of nitrogens with zero attached hydrogens (tertiary/aromatic N) is 1. The van der Waals surface area contributed by atoms with Crippen molar-refractivity contribution < 1.29 is 9.53 Å². The number of carbonyl (C=O) groups excluding carboxylic acids is 1. The molecule has 1 aromatic carbocycles. The van der Waals surface area contributed by atoms with E-state index in [1.54, 1.807) is 7.11 Å². The van der Waals surface area contributed by atoms with Crippen molar-refractivity contribution in [3.05, 3.63) is 29.8 Å². The number of hydrogen-bond donors (Lipinski definition) is 1. The van der Waals surface area contributed by atoms with E-state index in [-0.39, 0.29) is 11.9 Å². The van der Waals surface area contributed by atoms with Crippen LogP contribution in [0.15, 0.2) is 24.3 Å². The number of carbonyl (C=O) groups is 1. The van der Waals surface area contributed by atoms with Crippen molar-refractivity contribution in [1.29, 1.82) is 0 Å². The Bertz CT molecular complexity index is 462. The maximum atomic E-state index is 12.4. The third kappa shape index (κ3) is 3.51. The summed E-state index contributed by atoms with van der Waals surface area (Å²) in [5, 5.41) is 0. The van der Waals surface area contributed by atoms with Gasteiger partial charge >= 0.3 is 0 Å². The normalized spacial score (nSPS) is 19.2. The first-order chi connectivity index (χ1) is 9.40. The molecule has 0 aromatic heterocycles. The fourth-order valence-electron chi connectivity index (χ4n) is 2.73. The van der Waals surface area contributed by atoms with Gasteiger partial charge in [0.25, 0.3) is 0 Å². The molecule has 0 aliphatic carbocycles. The van der Waals surface area contributed by atoms with Crippen LogP contribution in [-0.4, -0.2) is 30.0 Å². The molecule has 20 heavy (non-hydrogen) atoms. The predicted molar refractivity (Wildman–Crippen MR) is 79.6 cm³/mol. The molecule has 0 radical (unpaired) electrons. The van der Waals surface area contributed by atoms with Gasteiger partial charge in [-0.15, -0.1) is 0 Å². The van der Waals surface area contributed by atoms with Crippen LogP contribution in [0.2, 0.25) is 0 Å². The molecular formula is C16H24N2O2. The fraction of sp³-hybridized carbons (Fsp3) is 0.562. The lowest BCUT2D eigenvalue weighted by molar-refractivity contribution is -0.133. The van der Waals surface area contributed by atoms with Gasteiger partial charge in [-0.2, -0.15) is 0 Å². The van der Waals surface area contributed by atoms with Gasteiger partial charge in [-0.25, -0.2) is 0 Å². The quantitative estimate of drug-likeness (QED) is 0.919. The number of amides is 1. The SMILES string of the molecule is COc1ccc(C2CCCN2C(=O)CC(C)(C)N)cc1. The molecule has 1 amide bonds. The van der Waals surface area contributed by atoms with Gasteiger partial charge in [-0.05, 0) is 44.4 Å². The molecule has 0 saturated carbocycles. The van der Waals surface area contributed by atoms with Crippen molar-refractivity contribution in [3.63, 3.8) is 0 Å². The lowest BCUT2D eigenvalue weighted by Crippen LogP contribution is -2.41. The molecule has 1 aromatic rings. The van der Waals surface area contributed by atoms with E-state index in [9.17, 15) is 4.79 Å². The standard InChI is InChI=1S/C16H24N2O2/c1-16(2,17)11-15(19)18-10-4-5-14(18)12-6-8-13(20-3)9-7-12/h6-9,14H,4-5,10-11,17H2,1-3H3. The highest BCUT2D eigenvalue weighted by molar-refractivity contribution is 5.78. The van der Waals surface area contributed by atoms with Crippen LogP contribution in [0.4, 0.5) is 0 Å². The number of ether oxygens (including phenoxy) is 1. The van der Waals surface area contributed by atoms with E-state index in [1.807, 2.05) is 43.0 Å². The molecule has 4 heteroatoms. The van der Waals surface area contributed by atoms with Crippen molar-refractivity contribution in [2.75, 3.05) is 13.7 Å². The van der Waals surface area contributed by atoms with Crippen LogP contribution in [0.1, 0.15) is 44.7 Å². The highest BCUT2D eigenvalue weighted by atomic mass is 16.5. The van der Waals surface area contributed by atoms with E-state index in [1.165, 1.54) is 5.56 Å². The Hall–Kier alpha value is -1.55. The molecule has 1 fully saturated rings. The van der Waals surface area contributed by atoms with Crippen LogP contribution in [-0.2, 0) is 4.79 Å². The molecular weight excluding hydrogens is 252 g/mol. The maximum Gasteiger partial charge on any atom is 0.224 e. The van der Waals surface area contributed by atoms with Crippen LogP contribution in [0.25, 0.3) is 0 Å². The summed E-state index contributed by atoms with van der Waals surface area (Å²) in [6.45, 7) is 4.61. The highest BCUT2D eigenvalue weighted by Crippen LogP contribution is 2.33. The van der Waals surface area contributed by atoms with Gasteiger partial charge < -0.3 is 15.4 Å². The Morgan fingerprint density at radius 2 is 2.05 bits per heavy atom. The second-order valence-electron chi connectivity index (χ2n) is 6.18. The van der Waals surface area contributed by atoms with Crippen LogP contribution in [0.3, 0.4) is 0 Å². The number of likely N-dealkylation sites (tertiary alicyclic amines) is 1. The minimum Gasteiger partial charge on any atom is -0.497 e. The molecule has 1 atom stereocenters. The first-order valence-corrected chi connectivity index (χ1v) is 7.13. The Morgan fingerprint density at radius 3 is 2.60 bits per heavy atom. The minimum absolute atomic E-state index is 0.149. The van der Waals surface area contributed by atoms with E-state index in [2.05, 4.69) is 0 Å². The molecule has 110 valence electrons. The monoisotopic (exact) mass is 276 g/mol. The van der Waals surface area contributed by atoms with Crippen LogP contribution >= 0.6 is 0 Å². The molecule has 4 nitrogen and oxygen atoms in total. The van der Waals surface area contributed by atoms with E-state index >= 15 is 0 Å². The van der Waals surface area contributed by atoms with Gasteiger partial charge in [-0.1, -0.05) is 12.1 Å². The second-order valence-corrected chi connectivity index (χ2v) is 6.18. The van der Waals surface area contributed by atoms with Crippen molar-refractivity contribution in [3.8, 4) is 5.75 Å². The van der Waals surface area contributed by atoms with Gasteiger partial charge in [0.05, 0.1) is 13.2 Å². The van der Waals surface area contributed by atoms with E-state index in [4.69, 9.17) is 10.5 Å². The van der Waals surface area contributed by atoms with Crippen molar-refractivity contribution in [2.24, 2.45) is 5.73 Å². The largest absolute Gasteiger partial charge is 0.497 e. The summed E-state index contributed by atoms with van der Waals surface area (Å²) in [5.74, 6) is 0.989. The summed E-state index contributed by atoms with van der Waals surface area (Å²) in [6.07, 6.45) is 2.45. The third-order valence-corrected chi connectivity index (χ3v) is 3.68. The molecule has 2 N–H and O–H groups in total. The van der Waals surface area contributed by atoms with Crippen LogP contribution in [0, 0.1) is 0 Å². The molecule has 2 rings (SSSR count). The highest BCUT2D eigenvalue weighted by Gasteiger charge is 2.31. The van der Waals surface area contributed by atoms with E-state index in [0.717, 1.165) is 25.1 Å². The van der Waals surface area contributed by atoms with Crippen LogP contribution in [0.5, 0.6) is 5.75 Å². The Balaban J connectivity index is 2.12. The second kappa shape index (κ2) is 5.83. The first-order valence-electron chi connectivity index (χ1n) is 7.13. The molecule has 0 bridgehead atoms. The maximum absolute atomic E-state index is 12.4. The van der Waals surface area contributed by atoms with Crippen molar-refractivity contribution >= 4 is 5.91 Å². The minimum atomic E-state index is -0.454. The summed E-state index contributed by atoms with van der Waals surface area (Å²) in [7, 11) is 1.66. The molecule has 1 aliphatic heterocycles. The number of nitrogens with two attached hydrogens (primary N) is 1. The van der Waals surface area contributed by atoms with Gasteiger partial charge in [0.2, 0.25) is 5.91 Å². The molecule has 1 saturated heterocycles. The molecule has 1 unspecified atom stereocenters. The topological polar surface area (TPSA) is 55.6 Å². The molecule has 1 heterocycles. The average molecular weight is 276 g/mol. The lowest BCUT2D eigenvalue weighted by atomic mass is 10.00. The zero-order valence-corrected chi connectivity index (χ0v) is 12.6. The van der Waals surface area contributed by atoms with Crippen molar-refractivity contribution in [1.82, 2.24) is 4.90 Å². The van der Waals surface area contributed by atoms with E-state index < -0.39 is 5.54 Å². The average Bonchev–Trinajstić information content (AvgIpc) is 2.86. The fourth-order valence-corrected chi connectivity index (χ4v) is 2.73. The number of hydrogen-bond acceptors (Lipinski definition) is 3. The summed E-state index contributed by atoms with van der Waals surface area (Å²) >= 11 is 0. The summed E-state index contributed by atoms with van der Waals surface area (Å²) in [4.78, 5) is 14.4. The summed E-state index contributed by atoms with van der Waals surface area (Å²) in [6, 6.07) is 8.16. The third-order valence-electron chi connectivity index (χ3n) is 3.68. The van der Waals surface area contributed by atoms with Crippen molar-refractivity contribution in [2.45, 2.75) is 44.7 Å². The smallest absolute Gasteiger partial charge is 0.224 e.